The van der Waals surface area contributed by atoms with Gasteiger partial charge in [-0.15, -0.1) is 0 Å². The number of carbonyl (C=O) groups excluding carboxylic acids is 1. The molecule has 0 aliphatic carbocycles. The minimum Gasteiger partial charge on any atom is -0.494 e. The first kappa shape index (κ1) is 17.5. The second-order valence-electron chi connectivity index (χ2n) is 6.34. The van der Waals surface area contributed by atoms with Gasteiger partial charge in [0.25, 0.3) is 0 Å². The van der Waals surface area contributed by atoms with E-state index in [0.29, 0.717) is 13.0 Å². The second kappa shape index (κ2) is 8.16. The molecule has 0 radical (unpaired) electrons. The Bertz CT molecular complexity index is 688. The molecule has 134 valence electrons. The summed E-state index contributed by atoms with van der Waals surface area (Å²) in [6, 6.07) is 9.73. The first-order valence-electron chi connectivity index (χ1n) is 8.78. The molecule has 0 N–H and O–H groups in total. The van der Waals surface area contributed by atoms with Gasteiger partial charge in [0.05, 0.1) is 18.7 Å². The molecule has 0 saturated carbocycles. The summed E-state index contributed by atoms with van der Waals surface area (Å²) >= 11 is 0. The molecular formula is C19H25N3O3. The number of aromatic nitrogens is 1. The normalized spacial score (nSPS) is 15.4. The van der Waals surface area contributed by atoms with Crippen LogP contribution in [0.4, 0.5) is 0 Å². The van der Waals surface area contributed by atoms with E-state index in [-0.39, 0.29) is 5.91 Å². The van der Waals surface area contributed by atoms with E-state index in [1.807, 2.05) is 49.1 Å². The van der Waals surface area contributed by atoms with Crippen LogP contribution in [0.15, 0.2) is 34.9 Å². The Kier molecular flexibility index (Phi) is 5.71. The van der Waals surface area contributed by atoms with Crippen molar-refractivity contribution in [1.29, 1.82) is 0 Å². The number of ether oxygens (including phenoxy) is 1. The van der Waals surface area contributed by atoms with Crippen LogP contribution in [0.5, 0.6) is 5.75 Å². The van der Waals surface area contributed by atoms with Gasteiger partial charge in [-0.1, -0.05) is 17.3 Å². The largest absolute Gasteiger partial charge is 0.494 e. The lowest BCUT2D eigenvalue weighted by molar-refractivity contribution is -0.132. The number of carbonyl (C=O) groups is 1. The lowest BCUT2D eigenvalue weighted by Gasteiger charge is -2.34. The van der Waals surface area contributed by atoms with Crippen molar-refractivity contribution in [3.8, 4) is 5.75 Å². The van der Waals surface area contributed by atoms with E-state index in [2.05, 4.69) is 10.1 Å². The molecule has 0 unspecified atom stereocenters. The zero-order valence-electron chi connectivity index (χ0n) is 14.9. The molecule has 1 aromatic carbocycles. The van der Waals surface area contributed by atoms with Gasteiger partial charge in [0.1, 0.15) is 11.5 Å². The predicted octanol–water partition coefficient (Wildman–Crippen LogP) is 2.27. The van der Waals surface area contributed by atoms with Gasteiger partial charge in [0.2, 0.25) is 5.91 Å². The Morgan fingerprint density at radius 2 is 1.92 bits per heavy atom. The van der Waals surface area contributed by atoms with Crippen molar-refractivity contribution < 1.29 is 14.1 Å². The van der Waals surface area contributed by atoms with Crippen molar-refractivity contribution in [3.05, 3.63) is 47.3 Å². The number of hydrogen-bond donors (Lipinski definition) is 0. The molecule has 25 heavy (non-hydrogen) atoms. The summed E-state index contributed by atoms with van der Waals surface area (Å²) in [6.45, 7) is 8.52. The molecule has 1 amide bonds. The van der Waals surface area contributed by atoms with Gasteiger partial charge < -0.3 is 14.2 Å². The number of benzene rings is 1. The average molecular weight is 343 g/mol. The minimum atomic E-state index is 0.182. The van der Waals surface area contributed by atoms with E-state index < -0.39 is 0 Å². The summed E-state index contributed by atoms with van der Waals surface area (Å²) in [6.07, 6.45) is 0.439. The Hall–Kier alpha value is -2.34. The number of aryl methyl sites for hydroxylation is 1. The molecule has 0 bridgehead atoms. The second-order valence-corrected chi connectivity index (χ2v) is 6.34. The number of hydrogen-bond acceptors (Lipinski definition) is 5. The fraction of sp³-hybridized carbons (Fsp3) is 0.474. The summed E-state index contributed by atoms with van der Waals surface area (Å²) in [7, 11) is 0. The fourth-order valence-corrected chi connectivity index (χ4v) is 3.03. The number of rotatable bonds is 6. The van der Waals surface area contributed by atoms with Crippen molar-refractivity contribution in [3.63, 3.8) is 0 Å². The maximum Gasteiger partial charge on any atom is 0.227 e. The molecule has 2 aromatic rings. The van der Waals surface area contributed by atoms with Gasteiger partial charge in [-0.05, 0) is 31.5 Å². The van der Waals surface area contributed by atoms with E-state index >= 15 is 0 Å². The molecule has 2 heterocycles. The summed E-state index contributed by atoms with van der Waals surface area (Å²) < 4.78 is 10.5. The van der Waals surface area contributed by atoms with Crippen molar-refractivity contribution >= 4 is 5.91 Å². The SMILES string of the molecule is CCOc1ccc(CC(=O)N2CCN(Cc3cc(C)on3)CC2)cc1. The first-order valence-corrected chi connectivity index (χ1v) is 8.78. The molecule has 6 heteroatoms. The van der Waals surface area contributed by atoms with Crippen molar-refractivity contribution in [1.82, 2.24) is 15.0 Å². The quantitative estimate of drug-likeness (QED) is 0.805. The Morgan fingerprint density at radius 1 is 1.20 bits per heavy atom. The highest BCUT2D eigenvalue weighted by Crippen LogP contribution is 2.14. The molecule has 1 fully saturated rings. The lowest BCUT2D eigenvalue weighted by atomic mass is 10.1. The Labute approximate surface area is 148 Å². The van der Waals surface area contributed by atoms with Crippen LogP contribution in [0.1, 0.15) is 23.9 Å². The summed E-state index contributed by atoms with van der Waals surface area (Å²) in [5, 5.41) is 4.03. The molecular weight excluding hydrogens is 318 g/mol. The zero-order valence-corrected chi connectivity index (χ0v) is 14.9. The summed E-state index contributed by atoms with van der Waals surface area (Å²) in [5.41, 5.74) is 1.97. The van der Waals surface area contributed by atoms with Gasteiger partial charge in [-0.2, -0.15) is 0 Å². The van der Waals surface area contributed by atoms with Crippen molar-refractivity contribution in [2.75, 3.05) is 32.8 Å². The Balaban J connectivity index is 1.46. The topological polar surface area (TPSA) is 58.8 Å². The first-order chi connectivity index (χ1) is 12.1. The monoisotopic (exact) mass is 343 g/mol. The molecule has 1 saturated heterocycles. The Morgan fingerprint density at radius 3 is 2.52 bits per heavy atom. The number of amides is 1. The highest BCUT2D eigenvalue weighted by atomic mass is 16.5. The van der Waals surface area contributed by atoms with E-state index in [1.165, 1.54) is 0 Å². The molecule has 0 spiro atoms. The van der Waals surface area contributed by atoms with Crippen LogP contribution in [0, 0.1) is 6.92 Å². The van der Waals surface area contributed by atoms with Crippen LogP contribution in [-0.4, -0.2) is 53.6 Å². The number of piperazine rings is 1. The highest BCUT2D eigenvalue weighted by molar-refractivity contribution is 5.78. The van der Waals surface area contributed by atoms with Crippen LogP contribution >= 0.6 is 0 Å². The molecule has 1 aliphatic rings. The number of nitrogens with zero attached hydrogens (tertiary/aromatic N) is 3. The van der Waals surface area contributed by atoms with E-state index in [4.69, 9.17) is 9.26 Å². The van der Waals surface area contributed by atoms with Gasteiger partial charge in [0.15, 0.2) is 0 Å². The van der Waals surface area contributed by atoms with Gasteiger partial charge in [0, 0.05) is 38.8 Å². The molecule has 3 rings (SSSR count). The van der Waals surface area contributed by atoms with Crippen LogP contribution in [-0.2, 0) is 17.8 Å². The fourth-order valence-electron chi connectivity index (χ4n) is 3.03. The van der Waals surface area contributed by atoms with Gasteiger partial charge >= 0.3 is 0 Å². The van der Waals surface area contributed by atoms with Crippen molar-refractivity contribution in [2.24, 2.45) is 0 Å². The third-order valence-electron chi connectivity index (χ3n) is 4.38. The summed E-state index contributed by atoms with van der Waals surface area (Å²) in [5.74, 6) is 1.86. The maximum absolute atomic E-state index is 12.5. The molecule has 0 atom stereocenters. The smallest absolute Gasteiger partial charge is 0.227 e. The van der Waals surface area contributed by atoms with Crippen LogP contribution in [0.2, 0.25) is 0 Å². The standard InChI is InChI=1S/C19H25N3O3/c1-3-24-18-6-4-16(5-7-18)13-19(23)22-10-8-21(9-11-22)14-17-12-15(2)25-20-17/h4-7,12H,3,8-11,13-14H2,1-2H3. The predicted molar refractivity (Wildman–Crippen MR) is 94.4 cm³/mol. The van der Waals surface area contributed by atoms with Crippen LogP contribution in [0.25, 0.3) is 0 Å². The zero-order chi connectivity index (χ0) is 17.6. The van der Waals surface area contributed by atoms with Crippen molar-refractivity contribution in [2.45, 2.75) is 26.8 Å². The van der Waals surface area contributed by atoms with E-state index in [0.717, 1.165) is 55.5 Å². The lowest BCUT2D eigenvalue weighted by Crippen LogP contribution is -2.48. The highest BCUT2D eigenvalue weighted by Gasteiger charge is 2.21. The summed E-state index contributed by atoms with van der Waals surface area (Å²) in [4.78, 5) is 16.7. The van der Waals surface area contributed by atoms with Gasteiger partial charge in [-0.3, -0.25) is 9.69 Å². The van der Waals surface area contributed by atoms with Crippen LogP contribution in [0.3, 0.4) is 0 Å². The van der Waals surface area contributed by atoms with E-state index in [9.17, 15) is 4.79 Å². The van der Waals surface area contributed by atoms with Gasteiger partial charge in [-0.25, -0.2) is 0 Å². The molecule has 1 aromatic heterocycles. The van der Waals surface area contributed by atoms with Crippen LogP contribution < -0.4 is 4.74 Å². The van der Waals surface area contributed by atoms with E-state index in [1.54, 1.807) is 0 Å². The molecule has 6 nitrogen and oxygen atoms in total. The maximum atomic E-state index is 12.5. The third kappa shape index (κ3) is 4.82. The third-order valence-corrected chi connectivity index (χ3v) is 4.38. The molecule has 1 aliphatic heterocycles. The average Bonchev–Trinajstić information content (AvgIpc) is 3.02. The minimum absolute atomic E-state index is 0.182.